The predicted octanol–water partition coefficient (Wildman–Crippen LogP) is 1.58. The van der Waals surface area contributed by atoms with Crippen molar-refractivity contribution in [2.24, 2.45) is 5.41 Å². The number of hydrogen-bond acceptors (Lipinski definition) is 3. The lowest BCUT2D eigenvalue weighted by Crippen LogP contribution is -2.30. The molecule has 62 valence electrons. The fourth-order valence-corrected chi connectivity index (χ4v) is 1.08. The number of hydrogen-bond donors (Lipinski definition) is 1. The molecule has 0 aromatic rings. The molecule has 0 radical (unpaired) electrons. The van der Waals surface area contributed by atoms with Gasteiger partial charge in [-0.1, -0.05) is 11.6 Å². The minimum atomic E-state index is -0.650. The van der Waals surface area contributed by atoms with Crippen LogP contribution in [0, 0.1) is 5.41 Å². The molecule has 0 saturated heterocycles. The number of aliphatic hydroxyl groups excluding tert-OH is 1. The van der Waals surface area contributed by atoms with Gasteiger partial charge in [0, 0.05) is 0 Å². The zero-order valence-corrected chi connectivity index (χ0v) is 7.10. The van der Waals surface area contributed by atoms with Crippen molar-refractivity contribution in [1.29, 1.82) is 0 Å². The molecule has 1 N–H and O–H groups in total. The molecule has 1 rings (SSSR count). The van der Waals surface area contributed by atoms with Gasteiger partial charge in [0.05, 0.1) is 5.41 Å². The molecule has 11 heavy (non-hydrogen) atoms. The summed E-state index contributed by atoms with van der Waals surface area (Å²) in [6, 6.07) is 0. The lowest BCUT2D eigenvalue weighted by Gasteiger charge is -2.27. The summed E-state index contributed by atoms with van der Waals surface area (Å²) in [5.41, 5.74) is -0.551. The van der Waals surface area contributed by atoms with Crippen molar-refractivity contribution >= 4 is 17.6 Å². The summed E-state index contributed by atoms with van der Waals surface area (Å²) in [4.78, 5) is 10.7. The lowest BCUT2D eigenvalue weighted by molar-refractivity contribution is -0.143. The van der Waals surface area contributed by atoms with Crippen molar-refractivity contribution < 1.29 is 14.6 Å². The van der Waals surface area contributed by atoms with Crippen LogP contribution in [0.5, 0.6) is 0 Å². The smallest absolute Gasteiger partial charge is 0.353 e. The van der Waals surface area contributed by atoms with Gasteiger partial charge in [-0.2, -0.15) is 0 Å². The first kappa shape index (κ1) is 8.40. The van der Waals surface area contributed by atoms with Crippen LogP contribution in [0.3, 0.4) is 0 Å². The molecule has 1 heterocycles. The molecule has 0 spiro atoms. The number of esters is 1. The van der Waals surface area contributed by atoms with E-state index in [1.807, 2.05) is 0 Å². The molecule has 3 nitrogen and oxygen atoms in total. The third-order valence-electron chi connectivity index (χ3n) is 1.59. The first-order chi connectivity index (χ1) is 4.95. The monoisotopic (exact) mass is 176 g/mol. The highest BCUT2D eigenvalue weighted by atomic mass is 35.5. The molecule has 0 saturated carbocycles. The number of rotatable bonds is 0. The molecule has 1 aliphatic heterocycles. The number of carbonyl (C=O) groups is 1. The van der Waals surface area contributed by atoms with Gasteiger partial charge in [0.2, 0.25) is 0 Å². The molecule has 0 fully saturated rings. The summed E-state index contributed by atoms with van der Waals surface area (Å²) in [5, 5.41) is 9.12. The van der Waals surface area contributed by atoms with Gasteiger partial charge in [0.25, 0.3) is 0 Å². The van der Waals surface area contributed by atoms with Crippen LogP contribution in [0.1, 0.15) is 13.8 Å². The number of ether oxygens (including phenoxy) is 1. The highest BCUT2D eigenvalue weighted by Crippen LogP contribution is 2.32. The Balaban J connectivity index is 3.07. The van der Waals surface area contributed by atoms with Gasteiger partial charge in [0.15, 0.2) is 5.03 Å². The molecule has 0 amide bonds. The minimum Gasteiger partial charge on any atom is -0.510 e. The summed E-state index contributed by atoms with van der Waals surface area (Å²) in [6.45, 7) is 3.67. The Labute approximate surface area is 69.6 Å². The Morgan fingerprint density at radius 3 is 2.64 bits per heavy atom. The van der Waals surface area contributed by atoms with Crippen LogP contribution in [0.25, 0.3) is 0 Å². The summed E-state index contributed by atoms with van der Waals surface area (Å²) in [6.07, 6.45) is 0. The molecule has 4 heteroatoms. The Hall–Kier alpha value is -0.700. The molecule has 0 aromatic carbocycles. The van der Waals surface area contributed by atoms with Crippen LogP contribution in [0.4, 0.5) is 0 Å². The fourth-order valence-electron chi connectivity index (χ4n) is 0.771. The predicted molar refractivity (Wildman–Crippen MR) is 40.2 cm³/mol. The minimum absolute atomic E-state index is 0.0876. The van der Waals surface area contributed by atoms with E-state index in [-0.39, 0.29) is 17.4 Å². The summed E-state index contributed by atoms with van der Waals surface area (Å²) >= 11 is 5.46. The lowest BCUT2D eigenvalue weighted by atomic mass is 9.90. The molecular formula is C7H9ClO3. The number of carbonyl (C=O) groups excluding carboxylic acids is 1. The molecule has 0 aliphatic carbocycles. The zero-order valence-electron chi connectivity index (χ0n) is 6.35. The molecule has 0 atom stereocenters. The second-order valence-corrected chi connectivity index (χ2v) is 3.50. The van der Waals surface area contributed by atoms with Gasteiger partial charge in [-0.05, 0) is 13.8 Å². The quantitative estimate of drug-likeness (QED) is 0.570. The maximum atomic E-state index is 10.7. The van der Waals surface area contributed by atoms with Crippen molar-refractivity contribution in [2.75, 3.05) is 6.61 Å². The molecule has 0 unspecified atom stereocenters. The topological polar surface area (TPSA) is 46.5 Å². The maximum absolute atomic E-state index is 10.7. The van der Waals surface area contributed by atoms with Gasteiger partial charge in [-0.3, -0.25) is 0 Å². The molecular weight excluding hydrogens is 168 g/mol. The molecule has 0 aromatic heterocycles. The van der Waals surface area contributed by atoms with E-state index in [1.54, 1.807) is 13.8 Å². The molecule has 0 bridgehead atoms. The van der Waals surface area contributed by atoms with E-state index in [2.05, 4.69) is 4.74 Å². The highest BCUT2D eigenvalue weighted by molar-refractivity contribution is 6.41. The summed E-state index contributed by atoms with van der Waals surface area (Å²) < 4.78 is 4.69. The van der Waals surface area contributed by atoms with E-state index in [0.717, 1.165) is 0 Å². The fraction of sp³-hybridized carbons (Fsp3) is 0.571. The van der Waals surface area contributed by atoms with Gasteiger partial charge >= 0.3 is 5.97 Å². The van der Waals surface area contributed by atoms with Crippen LogP contribution in [-0.4, -0.2) is 17.7 Å². The van der Waals surface area contributed by atoms with Gasteiger partial charge < -0.3 is 9.84 Å². The van der Waals surface area contributed by atoms with E-state index < -0.39 is 11.4 Å². The van der Waals surface area contributed by atoms with E-state index in [9.17, 15) is 9.90 Å². The van der Waals surface area contributed by atoms with E-state index in [4.69, 9.17) is 11.6 Å². The normalized spacial score (nSPS) is 23.4. The summed E-state index contributed by atoms with van der Waals surface area (Å²) in [5.74, 6) is -0.737. The first-order valence-corrected chi connectivity index (χ1v) is 3.59. The van der Waals surface area contributed by atoms with Crippen molar-refractivity contribution in [3.63, 3.8) is 0 Å². The second-order valence-electron chi connectivity index (χ2n) is 3.12. The average Bonchev–Trinajstić information content (AvgIpc) is 1.95. The van der Waals surface area contributed by atoms with Gasteiger partial charge in [0.1, 0.15) is 12.4 Å². The van der Waals surface area contributed by atoms with Crippen LogP contribution in [0.15, 0.2) is 10.8 Å². The van der Waals surface area contributed by atoms with E-state index in [0.29, 0.717) is 0 Å². The van der Waals surface area contributed by atoms with Crippen molar-refractivity contribution in [2.45, 2.75) is 13.8 Å². The Morgan fingerprint density at radius 2 is 2.18 bits per heavy atom. The standard InChI is InChI=1S/C7H9ClO3/c1-7(2)3-11-6(10)4(8)5(7)9/h9H,3H2,1-2H3. The Bertz CT molecular complexity index is 230. The maximum Gasteiger partial charge on any atom is 0.353 e. The van der Waals surface area contributed by atoms with E-state index in [1.165, 1.54) is 0 Å². The van der Waals surface area contributed by atoms with Gasteiger partial charge in [-0.25, -0.2) is 4.79 Å². The third kappa shape index (κ3) is 1.33. The number of cyclic esters (lactones) is 1. The zero-order chi connectivity index (χ0) is 8.65. The molecule has 1 aliphatic rings. The average molecular weight is 177 g/mol. The first-order valence-electron chi connectivity index (χ1n) is 3.21. The Kier molecular flexibility index (Phi) is 1.84. The van der Waals surface area contributed by atoms with Crippen molar-refractivity contribution in [3.05, 3.63) is 10.8 Å². The van der Waals surface area contributed by atoms with E-state index >= 15 is 0 Å². The highest BCUT2D eigenvalue weighted by Gasteiger charge is 2.35. The number of aliphatic hydroxyl groups is 1. The van der Waals surface area contributed by atoms with Gasteiger partial charge in [-0.15, -0.1) is 0 Å². The summed E-state index contributed by atoms with van der Waals surface area (Å²) in [7, 11) is 0. The van der Waals surface area contributed by atoms with Crippen LogP contribution < -0.4 is 0 Å². The second kappa shape index (κ2) is 2.41. The van der Waals surface area contributed by atoms with Crippen LogP contribution >= 0.6 is 11.6 Å². The SMILES string of the molecule is CC1(C)COC(=O)C(Cl)=C1O. The van der Waals surface area contributed by atoms with Crippen LogP contribution in [0.2, 0.25) is 0 Å². The van der Waals surface area contributed by atoms with Crippen LogP contribution in [-0.2, 0) is 9.53 Å². The number of halogens is 1. The third-order valence-corrected chi connectivity index (χ3v) is 1.93. The largest absolute Gasteiger partial charge is 0.510 e. The Morgan fingerprint density at radius 1 is 1.64 bits per heavy atom. The van der Waals surface area contributed by atoms with Crippen molar-refractivity contribution in [1.82, 2.24) is 0 Å². The van der Waals surface area contributed by atoms with Crippen molar-refractivity contribution in [3.8, 4) is 0 Å².